The fourth-order valence-electron chi connectivity index (χ4n) is 5.61. The van der Waals surface area contributed by atoms with Crippen LogP contribution in [0.2, 0.25) is 0 Å². The van der Waals surface area contributed by atoms with Crippen LogP contribution >= 0.6 is 0 Å². The highest BCUT2D eigenvalue weighted by atomic mass is 16.5. The highest BCUT2D eigenvalue weighted by Crippen LogP contribution is 2.14. The van der Waals surface area contributed by atoms with Crippen molar-refractivity contribution in [3.05, 3.63) is 12.2 Å². The fraction of sp³-hybridized carbons (Fsp3) is 0.923. The molecule has 0 atom stereocenters. The maximum Gasteiger partial charge on any atom is 0.305 e. The van der Waals surface area contributed by atoms with Crippen molar-refractivity contribution in [2.75, 3.05) is 19.8 Å². The van der Waals surface area contributed by atoms with Crippen LogP contribution in [0.5, 0.6) is 0 Å². The van der Waals surface area contributed by atoms with Gasteiger partial charge in [-0.3, -0.25) is 4.79 Å². The van der Waals surface area contributed by atoms with Crippen molar-refractivity contribution < 1.29 is 14.3 Å². The van der Waals surface area contributed by atoms with E-state index in [1.54, 1.807) is 0 Å². The van der Waals surface area contributed by atoms with E-state index >= 15 is 0 Å². The molecular weight excluding hydrogens is 516 g/mol. The lowest BCUT2D eigenvalue weighted by atomic mass is 10.0. The summed E-state index contributed by atoms with van der Waals surface area (Å²) in [6, 6.07) is 0. The van der Waals surface area contributed by atoms with Crippen molar-refractivity contribution in [3.63, 3.8) is 0 Å². The van der Waals surface area contributed by atoms with Crippen molar-refractivity contribution in [1.82, 2.24) is 0 Å². The molecule has 0 aliphatic carbocycles. The first-order valence-corrected chi connectivity index (χ1v) is 19.2. The van der Waals surface area contributed by atoms with E-state index in [1.165, 1.54) is 167 Å². The molecule has 0 saturated heterocycles. The molecule has 0 N–H and O–H groups in total. The number of ether oxygens (including phenoxy) is 2. The van der Waals surface area contributed by atoms with Gasteiger partial charge in [0.25, 0.3) is 0 Å². The Hall–Kier alpha value is -0.830. The summed E-state index contributed by atoms with van der Waals surface area (Å²) in [7, 11) is 0. The minimum absolute atomic E-state index is 0.0366. The van der Waals surface area contributed by atoms with Gasteiger partial charge in [0.05, 0.1) is 6.61 Å². The number of rotatable bonds is 36. The molecule has 0 heterocycles. The van der Waals surface area contributed by atoms with Gasteiger partial charge >= 0.3 is 5.97 Å². The summed E-state index contributed by atoms with van der Waals surface area (Å²) in [5.41, 5.74) is 0. The van der Waals surface area contributed by atoms with Gasteiger partial charge in [-0.05, 0) is 38.5 Å². The zero-order valence-corrected chi connectivity index (χ0v) is 28.9. The van der Waals surface area contributed by atoms with Crippen LogP contribution in [0.15, 0.2) is 12.2 Å². The molecule has 0 saturated carbocycles. The predicted octanol–water partition coefficient (Wildman–Crippen LogP) is 13.2. The third-order valence-electron chi connectivity index (χ3n) is 8.48. The van der Waals surface area contributed by atoms with Gasteiger partial charge in [0.15, 0.2) is 0 Å². The molecule has 0 aliphatic heterocycles. The number of carbonyl (C=O) groups is 1. The average molecular weight is 593 g/mol. The zero-order chi connectivity index (χ0) is 30.4. The van der Waals surface area contributed by atoms with Crippen LogP contribution in [0.4, 0.5) is 0 Å². The van der Waals surface area contributed by atoms with Crippen LogP contribution in [0, 0.1) is 0 Å². The highest BCUT2D eigenvalue weighted by molar-refractivity contribution is 5.69. The van der Waals surface area contributed by atoms with E-state index in [4.69, 9.17) is 9.47 Å². The van der Waals surface area contributed by atoms with E-state index in [0.717, 1.165) is 32.3 Å². The number of allylic oxidation sites excluding steroid dienone is 2. The first-order chi connectivity index (χ1) is 20.8. The van der Waals surface area contributed by atoms with Gasteiger partial charge in [-0.25, -0.2) is 0 Å². The molecule has 3 heteroatoms. The Balaban J connectivity index is 3.17. The van der Waals surface area contributed by atoms with Crippen LogP contribution in [-0.4, -0.2) is 25.8 Å². The topological polar surface area (TPSA) is 35.5 Å². The molecule has 0 amide bonds. The summed E-state index contributed by atoms with van der Waals surface area (Å²) in [6.07, 6.45) is 45.1. The molecule has 42 heavy (non-hydrogen) atoms. The van der Waals surface area contributed by atoms with Crippen LogP contribution in [0.1, 0.15) is 213 Å². The van der Waals surface area contributed by atoms with E-state index < -0.39 is 0 Å². The monoisotopic (exact) mass is 593 g/mol. The van der Waals surface area contributed by atoms with E-state index in [2.05, 4.69) is 26.0 Å². The molecule has 0 aromatic rings. The predicted molar refractivity (Wildman–Crippen MR) is 185 cm³/mol. The molecule has 0 spiro atoms. The van der Waals surface area contributed by atoms with Gasteiger partial charge < -0.3 is 9.47 Å². The van der Waals surface area contributed by atoms with Crippen LogP contribution in [-0.2, 0) is 14.3 Å². The maximum absolute atomic E-state index is 11.9. The summed E-state index contributed by atoms with van der Waals surface area (Å²) in [4.78, 5) is 11.9. The molecular formula is C39H76O3. The summed E-state index contributed by atoms with van der Waals surface area (Å²) in [6.45, 7) is 6.63. The van der Waals surface area contributed by atoms with Crippen molar-refractivity contribution in [2.45, 2.75) is 213 Å². The van der Waals surface area contributed by atoms with E-state index in [9.17, 15) is 4.79 Å². The number of esters is 1. The first-order valence-electron chi connectivity index (χ1n) is 19.2. The van der Waals surface area contributed by atoms with Crippen molar-refractivity contribution in [3.8, 4) is 0 Å². The second-order valence-electron chi connectivity index (χ2n) is 12.8. The van der Waals surface area contributed by atoms with E-state index in [0.29, 0.717) is 19.6 Å². The fourth-order valence-corrected chi connectivity index (χ4v) is 5.61. The lowest BCUT2D eigenvalue weighted by Crippen LogP contribution is -2.08. The summed E-state index contributed by atoms with van der Waals surface area (Å²) < 4.78 is 11.1. The van der Waals surface area contributed by atoms with Gasteiger partial charge in [0, 0.05) is 26.1 Å². The minimum atomic E-state index is -0.0366. The van der Waals surface area contributed by atoms with Gasteiger partial charge in [-0.1, -0.05) is 174 Å². The van der Waals surface area contributed by atoms with Crippen molar-refractivity contribution >= 4 is 5.97 Å². The van der Waals surface area contributed by atoms with Crippen LogP contribution < -0.4 is 0 Å². The number of hydrogen-bond acceptors (Lipinski definition) is 3. The molecule has 0 radical (unpaired) electrons. The normalized spacial score (nSPS) is 11.6. The zero-order valence-electron chi connectivity index (χ0n) is 28.9. The van der Waals surface area contributed by atoms with Crippen molar-refractivity contribution in [2.24, 2.45) is 0 Å². The Bertz CT molecular complexity index is 530. The smallest absolute Gasteiger partial charge is 0.305 e. The average Bonchev–Trinajstić information content (AvgIpc) is 3.00. The van der Waals surface area contributed by atoms with Crippen LogP contribution in [0.3, 0.4) is 0 Å². The van der Waals surface area contributed by atoms with Gasteiger partial charge in [0.1, 0.15) is 0 Å². The first kappa shape index (κ1) is 41.2. The van der Waals surface area contributed by atoms with Gasteiger partial charge in [-0.15, -0.1) is 0 Å². The van der Waals surface area contributed by atoms with Crippen molar-refractivity contribution in [1.29, 1.82) is 0 Å². The lowest BCUT2D eigenvalue weighted by molar-refractivity contribution is -0.144. The highest BCUT2D eigenvalue weighted by Gasteiger charge is 2.02. The third kappa shape index (κ3) is 37.2. The second-order valence-corrected chi connectivity index (χ2v) is 12.8. The van der Waals surface area contributed by atoms with E-state index in [-0.39, 0.29) is 5.97 Å². The third-order valence-corrected chi connectivity index (χ3v) is 8.48. The molecule has 3 nitrogen and oxygen atoms in total. The lowest BCUT2D eigenvalue weighted by Gasteiger charge is -2.06. The Labute approximate surface area is 264 Å². The Kier molecular flexibility index (Phi) is 37.4. The summed E-state index contributed by atoms with van der Waals surface area (Å²) in [5, 5.41) is 0. The number of hydrogen-bond donors (Lipinski definition) is 0. The maximum atomic E-state index is 11.9. The molecule has 0 aromatic carbocycles. The molecule has 250 valence electrons. The Morgan fingerprint density at radius 1 is 0.405 bits per heavy atom. The van der Waals surface area contributed by atoms with Crippen LogP contribution in [0.25, 0.3) is 0 Å². The number of unbranched alkanes of at least 4 members (excludes halogenated alkanes) is 26. The molecule has 0 rings (SSSR count). The van der Waals surface area contributed by atoms with Gasteiger partial charge in [0.2, 0.25) is 0 Å². The minimum Gasteiger partial charge on any atom is -0.466 e. The standard InChI is InChI=1S/C39H76O3/c1-3-5-7-9-11-13-15-17-19-21-23-25-27-29-31-33-36-41-37-34-38-42-39(40)35-32-30-28-26-24-22-20-18-16-14-12-10-8-6-4-2/h18,20H,3-17,19,21-38H2,1-2H3. The molecule has 0 bridgehead atoms. The molecule has 0 aromatic heterocycles. The Morgan fingerprint density at radius 3 is 1.21 bits per heavy atom. The van der Waals surface area contributed by atoms with Gasteiger partial charge in [-0.2, -0.15) is 0 Å². The molecule has 0 fully saturated rings. The summed E-state index contributed by atoms with van der Waals surface area (Å²) >= 11 is 0. The second kappa shape index (κ2) is 38.2. The quantitative estimate of drug-likeness (QED) is 0.0412. The Morgan fingerprint density at radius 2 is 0.762 bits per heavy atom. The SMILES string of the molecule is CCCCCCCCC=CCCCCCCCC(=O)OCCCOCCCCCCCCCCCCCCCCCC. The largest absolute Gasteiger partial charge is 0.466 e. The number of carbonyl (C=O) groups excluding carboxylic acids is 1. The molecule has 0 aliphatic rings. The summed E-state index contributed by atoms with van der Waals surface area (Å²) in [5.74, 6) is -0.0366. The van der Waals surface area contributed by atoms with E-state index in [1.807, 2.05) is 0 Å². The molecule has 0 unspecified atom stereocenters.